The van der Waals surface area contributed by atoms with Crippen LogP contribution in [0.1, 0.15) is 56.6 Å². The summed E-state index contributed by atoms with van der Waals surface area (Å²) >= 11 is 12.2. The van der Waals surface area contributed by atoms with Gasteiger partial charge in [0.15, 0.2) is 0 Å². The van der Waals surface area contributed by atoms with E-state index in [0.29, 0.717) is 35.1 Å². The molecule has 2 aliphatic rings. The Kier molecular flexibility index (Phi) is 8.60. The van der Waals surface area contributed by atoms with Crippen LogP contribution in [0.2, 0.25) is 10.0 Å². The second kappa shape index (κ2) is 11.7. The van der Waals surface area contributed by atoms with Crippen LogP contribution in [0.15, 0.2) is 24.4 Å². The van der Waals surface area contributed by atoms with Crippen LogP contribution in [0, 0.1) is 5.92 Å². The molecule has 1 fully saturated rings. The van der Waals surface area contributed by atoms with E-state index in [0.717, 1.165) is 0 Å². The number of rotatable bonds is 8. The first-order valence-electron chi connectivity index (χ1n) is 12.7. The first-order chi connectivity index (χ1) is 18.5. The lowest BCUT2D eigenvalue weighted by molar-refractivity contribution is -0.147. The average Bonchev–Trinajstić information content (AvgIpc) is 3.41. The van der Waals surface area contributed by atoms with Crippen LogP contribution in [0.5, 0.6) is 0 Å². The normalized spacial score (nSPS) is 19.5. The molecule has 3 amide bonds. The summed E-state index contributed by atoms with van der Waals surface area (Å²) in [5, 5.41) is 3.37. The first kappa shape index (κ1) is 28.6. The van der Waals surface area contributed by atoms with Crippen molar-refractivity contribution in [3.8, 4) is 0 Å². The van der Waals surface area contributed by atoms with Gasteiger partial charge in [-0.2, -0.15) is 0 Å². The summed E-state index contributed by atoms with van der Waals surface area (Å²) in [5.74, 6) is -2.32. The quantitative estimate of drug-likeness (QED) is 0.376. The number of hydrogen-bond donors (Lipinski definition) is 1. The van der Waals surface area contributed by atoms with Crippen molar-refractivity contribution in [3.05, 3.63) is 40.1 Å². The number of ketones is 1. The number of nitrogens with zero attached hydrogens (tertiary/aromatic N) is 4. The van der Waals surface area contributed by atoms with Gasteiger partial charge in [-0.3, -0.25) is 28.5 Å². The van der Waals surface area contributed by atoms with Gasteiger partial charge in [0.05, 0.1) is 18.5 Å². The number of nitrogens with one attached hydrogen (secondary N) is 1. The molecule has 13 heteroatoms. The van der Waals surface area contributed by atoms with Crippen molar-refractivity contribution in [2.75, 3.05) is 24.6 Å². The first-order valence-corrected chi connectivity index (χ1v) is 13.4. The molecule has 0 radical (unpaired) electrons. The molecule has 2 aliphatic heterocycles. The zero-order valence-electron chi connectivity index (χ0n) is 21.8. The highest BCUT2D eigenvalue weighted by Gasteiger charge is 2.40. The largest absolute Gasteiger partial charge is 0.466 e. The second-order valence-corrected chi connectivity index (χ2v) is 10.4. The summed E-state index contributed by atoms with van der Waals surface area (Å²) in [6, 6.07) is 3.05. The monoisotopic (exact) mass is 577 g/mol. The molecule has 0 spiro atoms. The highest BCUT2D eigenvalue weighted by atomic mass is 35.5. The molecule has 1 aromatic heterocycles. The maximum atomic E-state index is 13.2. The third-order valence-electron chi connectivity index (χ3n) is 6.81. The van der Waals surface area contributed by atoms with E-state index in [2.05, 4.69) is 10.3 Å². The molecule has 0 unspecified atom stereocenters. The highest BCUT2D eigenvalue weighted by Crippen LogP contribution is 2.38. The number of piperidine rings is 1. The topological polar surface area (TPSA) is 131 Å². The van der Waals surface area contributed by atoms with Crippen molar-refractivity contribution in [2.24, 2.45) is 5.92 Å². The predicted octanol–water partition coefficient (Wildman–Crippen LogP) is 3.31. The van der Waals surface area contributed by atoms with Crippen molar-refractivity contribution in [1.29, 1.82) is 0 Å². The smallest absolute Gasteiger partial charge is 0.313 e. The van der Waals surface area contributed by atoms with Crippen LogP contribution < -0.4 is 10.2 Å². The predicted molar refractivity (Wildman–Crippen MR) is 143 cm³/mol. The number of anilines is 2. The molecule has 39 heavy (non-hydrogen) atoms. The van der Waals surface area contributed by atoms with Gasteiger partial charge < -0.3 is 15.0 Å². The molecule has 0 saturated carbocycles. The van der Waals surface area contributed by atoms with Gasteiger partial charge in [0, 0.05) is 29.1 Å². The van der Waals surface area contributed by atoms with E-state index >= 15 is 0 Å². The fourth-order valence-electron chi connectivity index (χ4n) is 4.92. The Morgan fingerprint density at radius 1 is 1.18 bits per heavy atom. The Morgan fingerprint density at radius 2 is 1.87 bits per heavy atom. The van der Waals surface area contributed by atoms with Gasteiger partial charge >= 0.3 is 5.97 Å². The van der Waals surface area contributed by atoms with Crippen molar-refractivity contribution in [1.82, 2.24) is 19.8 Å². The number of halogens is 2. The molecule has 1 N–H and O–H groups in total. The van der Waals surface area contributed by atoms with E-state index in [1.54, 1.807) is 39.0 Å². The third-order valence-corrected chi connectivity index (χ3v) is 7.25. The Balaban J connectivity index is 1.44. The summed E-state index contributed by atoms with van der Waals surface area (Å²) in [6.45, 7) is 5.67. The number of Topliss-reactive ketones (excluding diaryl/α,β-unsaturated/α-hetero) is 1. The molecular weight excluding hydrogens is 549 g/mol. The van der Waals surface area contributed by atoms with Crippen LogP contribution in [0.4, 0.5) is 11.6 Å². The summed E-state index contributed by atoms with van der Waals surface area (Å²) in [4.78, 5) is 70.8. The number of benzene rings is 1. The number of fused-ring (bicyclic) bond motifs is 1. The lowest BCUT2D eigenvalue weighted by Gasteiger charge is -2.33. The van der Waals surface area contributed by atoms with E-state index in [-0.39, 0.29) is 48.8 Å². The van der Waals surface area contributed by atoms with E-state index in [4.69, 9.17) is 27.9 Å². The standard InChI is InChI=1S/C26H29Cl2N5O6/c1-4-39-22(35)11-21(34)16-6-5-7-31(13-16)24(37)14(2)30-23(36)20-12-29-26-32(20)15(3)25(38)33(26)19-9-17(27)8-18(28)10-19/h8-10,12,14-16H,4-7,11,13H2,1-3H3,(H,30,36)/t14-,15-,16+/m0/s1. The fraction of sp³-hybridized carbons (Fsp3) is 0.462. The lowest BCUT2D eigenvalue weighted by atomic mass is 9.92. The number of likely N-dealkylation sites (tertiary alicyclic amines) is 1. The Hall–Kier alpha value is -3.44. The molecule has 3 heterocycles. The van der Waals surface area contributed by atoms with Crippen molar-refractivity contribution in [3.63, 3.8) is 0 Å². The lowest BCUT2D eigenvalue weighted by Crippen LogP contribution is -2.51. The zero-order valence-corrected chi connectivity index (χ0v) is 23.3. The van der Waals surface area contributed by atoms with Gasteiger partial charge in [-0.1, -0.05) is 23.2 Å². The maximum absolute atomic E-state index is 13.2. The van der Waals surface area contributed by atoms with E-state index in [9.17, 15) is 24.0 Å². The number of imidazole rings is 1. The number of ether oxygens (including phenoxy) is 1. The van der Waals surface area contributed by atoms with Crippen LogP contribution in [-0.4, -0.2) is 69.7 Å². The molecule has 11 nitrogen and oxygen atoms in total. The minimum absolute atomic E-state index is 0.113. The van der Waals surface area contributed by atoms with Gasteiger partial charge in [0.1, 0.15) is 30.0 Å². The van der Waals surface area contributed by atoms with Gasteiger partial charge in [-0.25, -0.2) is 9.88 Å². The Morgan fingerprint density at radius 3 is 2.54 bits per heavy atom. The van der Waals surface area contributed by atoms with E-state index in [1.807, 2.05) is 0 Å². The SMILES string of the molecule is CCOC(=O)CC(=O)[C@@H]1CCCN(C(=O)[C@H](C)NC(=O)c2cnc3n2[C@@H](C)C(=O)N3c2cc(Cl)cc(Cl)c2)C1. The number of hydrogen-bond acceptors (Lipinski definition) is 7. The van der Waals surface area contributed by atoms with Gasteiger partial charge in [-0.05, 0) is 51.8 Å². The molecule has 1 aromatic carbocycles. The molecule has 0 aliphatic carbocycles. The average molecular weight is 578 g/mol. The van der Waals surface area contributed by atoms with Crippen LogP contribution in [0.3, 0.4) is 0 Å². The van der Waals surface area contributed by atoms with Gasteiger partial charge in [-0.15, -0.1) is 0 Å². The maximum Gasteiger partial charge on any atom is 0.313 e. The Labute approximate surface area is 235 Å². The summed E-state index contributed by atoms with van der Waals surface area (Å²) in [7, 11) is 0. The molecule has 0 bridgehead atoms. The summed E-state index contributed by atoms with van der Waals surface area (Å²) in [6.07, 6.45) is 2.19. The minimum atomic E-state index is -0.905. The third kappa shape index (κ3) is 5.94. The highest BCUT2D eigenvalue weighted by molar-refractivity contribution is 6.35. The minimum Gasteiger partial charge on any atom is -0.466 e. The molecule has 4 rings (SSSR count). The Bertz CT molecular complexity index is 1310. The van der Waals surface area contributed by atoms with E-state index < -0.39 is 29.9 Å². The van der Waals surface area contributed by atoms with Gasteiger partial charge in [0.2, 0.25) is 11.9 Å². The molecule has 1 saturated heterocycles. The molecule has 208 valence electrons. The number of esters is 1. The molecule has 3 atom stereocenters. The van der Waals surface area contributed by atoms with Crippen molar-refractivity contribution < 1.29 is 28.7 Å². The molecule has 2 aromatic rings. The zero-order chi connectivity index (χ0) is 28.4. The summed E-state index contributed by atoms with van der Waals surface area (Å²) in [5.41, 5.74) is 0.531. The van der Waals surface area contributed by atoms with Crippen LogP contribution in [-0.2, 0) is 23.9 Å². The number of carbonyl (C=O) groups excluding carboxylic acids is 5. The number of carbonyl (C=O) groups is 5. The fourth-order valence-corrected chi connectivity index (χ4v) is 5.43. The van der Waals surface area contributed by atoms with Crippen molar-refractivity contribution in [2.45, 2.75) is 52.1 Å². The second-order valence-electron chi connectivity index (χ2n) is 9.56. The van der Waals surface area contributed by atoms with Gasteiger partial charge in [0.25, 0.3) is 11.8 Å². The van der Waals surface area contributed by atoms with Crippen molar-refractivity contribution >= 4 is 64.3 Å². The van der Waals surface area contributed by atoms with Crippen LogP contribution >= 0.6 is 23.2 Å². The van der Waals surface area contributed by atoms with Crippen LogP contribution in [0.25, 0.3) is 0 Å². The summed E-state index contributed by atoms with van der Waals surface area (Å²) < 4.78 is 6.35. The number of aromatic nitrogens is 2. The number of amides is 3. The van der Waals surface area contributed by atoms with E-state index in [1.165, 1.54) is 20.6 Å². The molecular formula is C26H29Cl2N5O6.